The van der Waals surface area contributed by atoms with Gasteiger partial charge in [0.25, 0.3) is 0 Å². The first-order chi connectivity index (χ1) is 7.29. The highest BCUT2D eigenvalue weighted by molar-refractivity contribution is 9.10. The van der Waals surface area contributed by atoms with Gasteiger partial charge in [-0.15, -0.1) is 0 Å². The lowest BCUT2D eigenvalue weighted by Crippen LogP contribution is -2.37. The molecule has 0 saturated carbocycles. The topological polar surface area (TPSA) is 29.5 Å². The van der Waals surface area contributed by atoms with Crippen LogP contribution in [0, 0.1) is 0 Å². The van der Waals surface area contributed by atoms with Crippen LogP contribution < -0.4 is 0 Å². The number of benzene rings is 1. The Balaban J connectivity index is 2.09. The zero-order chi connectivity index (χ0) is 10.7. The van der Waals surface area contributed by atoms with Crippen molar-refractivity contribution in [1.82, 2.24) is 4.90 Å². The van der Waals surface area contributed by atoms with Crippen LogP contribution in [0.4, 0.5) is 0 Å². The lowest BCUT2D eigenvalue weighted by molar-refractivity contribution is -0.125. The summed E-state index contributed by atoms with van der Waals surface area (Å²) in [6, 6.07) is 8.00. The van der Waals surface area contributed by atoms with E-state index in [-0.39, 0.29) is 6.10 Å². The molecule has 0 N–H and O–H groups in total. The number of hydrogen-bond donors (Lipinski definition) is 0. The summed E-state index contributed by atoms with van der Waals surface area (Å²) >= 11 is 3.39. The number of amides is 1. The van der Waals surface area contributed by atoms with Crippen molar-refractivity contribution in [3.05, 3.63) is 34.3 Å². The Morgan fingerprint density at radius 1 is 1.40 bits per heavy atom. The van der Waals surface area contributed by atoms with Gasteiger partial charge in [0, 0.05) is 11.0 Å². The Hall–Kier alpha value is -0.870. The molecule has 1 aromatic rings. The van der Waals surface area contributed by atoms with E-state index in [0.717, 1.165) is 16.4 Å². The minimum atomic E-state index is 0.0112. The minimum absolute atomic E-state index is 0.0112. The van der Waals surface area contributed by atoms with E-state index in [1.165, 1.54) is 0 Å². The zero-order valence-corrected chi connectivity index (χ0v) is 9.81. The first-order valence-corrected chi connectivity index (χ1v) is 5.65. The number of ether oxygens (including phenoxy) is 1. The summed E-state index contributed by atoms with van der Waals surface area (Å²) in [6.07, 6.45) is 0.894. The maximum absolute atomic E-state index is 10.7. The third-order valence-corrected chi connectivity index (χ3v) is 3.02. The van der Waals surface area contributed by atoms with Gasteiger partial charge in [-0.05, 0) is 17.7 Å². The van der Waals surface area contributed by atoms with Crippen molar-refractivity contribution in [1.29, 1.82) is 0 Å². The number of carbonyl (C=O) groups excluding carboxylic acids is 1. The number of morpholine rings is 1. The molecule has 1 unspecified atom stereocenters. The number of halogens is 1. The number of carbonyl (C=O) groups is 1. The van der Waals surface area contributed by atoms with Crippen molar-refractivity contribution in [3.63, 3.8) is 0 Å². The van der Waals surface area contributed by atoms with Gasteiger partial charge in [-0.1, -0.05) is 28.1 Å². The van der Waals surface area contributed by atoms with E-state index in [0.29, 0.717) is 19.7 Å². The first kappa shape index (κ1) is 10.6. The molecule has 1 aromatic carbocycles. The summed E-state index contributed by atoms with van der Waals surface area (Å²) in [5.41, 5.74) is 1.12. The summed E-state index contributed by atoms with van der Waals surface area (Å²) in [7, 11) is 0. The van der Waals surface area contributed by atoms with Gasteiger partial charge in [0.15, 0.2) is 0 Å². The van der Waals surface area contributed by atoms with E-state index in [1.54, 1.807) is 4.90 Å². The van der Waals surface area contributed by atoms with E-state index in [9.17, 15) is 4.79 Å². The zero-order valence-electron chi connectivity index (χ0n) is 8.23. The van der Waals surface area contributed by atoms with Crippen LogP contribution in [0.2, 0.25) is 0 Å². The third-order valence-electron chi connectivity index (χ3n) is 2.49. The van der Waals surface area contributed by atoms with Crippen LogP contribution in [0.15, 0.2) is 28.7 Å². The molecule has 1 amide bonds. The van der Waals surface area contributed by atoms with Gasteiger partial charge >= 0.3 is 0 Å². The molecule has 1 aliphatic heterocycles. The van der Waals surface area contributed by atoms with Crippen molar-refractivity contribution >= 4 is 22.3 Å². The predicted molar refractivity (Wildman–Crippen MR) is 60.5 cm³/mol. The van der Waals surface area contributed by atoms with Crippen LogP contribution in [-0.4, -0.2) is 31.0 Å². The van der Waals surface area contributed by atoms with E-state index < -0.39 is 0 Å². The maximum atomic E-state index is 10.7. The average molecular weight is 270 g/mol. The van der Waals surface area contributed by atoms with Crippen LogP contribution in [0.25, 0.3) is 0 Å². The normalized spacial score (nSPS) is 21.4. The molecule has 1 aliphatic rings. The Labute approximate surface area is 97.2 Å². The Bertz CT molecular complexity index is 339. The molecule has 2 rings (SSSR count). The number of hydrogen-bond acceptors (Lipinski definition) is 2. The van der Waals surface area contributed by atoms with Gasteiger partial charge in [-0.25, -0.2) is 0 Å². The molecule has 4 heteroatoms. The van der Waals surface area contributed by atoms with E-state index in [2.05, 4.69) is 15.9 Å². The first-order valence-electron chi connectivity index (χ1n) is 4.86. The molecule has 0 spiro atoms. The molecule has 0 aliphatic carbocycles. The maximum Gasteiger partial charge on any atom is 0.209 e. The van der Waals surface area contributed by atoms with Gasteiger partial charge in [-0.2, -0.15) is 0 Å². The second-order valence-electron chi connectivity index (χ2n) is 3.51. The van der Waals surface area contributed by atoms with Gasteiger partial charge in [0.2, 0.25) is 6.41 Å². The molecule has 0 radical (unpaired) electrons. The summed E-state index contributed by atoms with van der Waals surface area (Å²) in [4.78, 5) is 12.4. The highest BCUT2D eigenvalue weighted by Gasteiger charge is 2.20. The quantitative estimate of drug-likeness (QED) is 0.769. The number of rotatable bonds is 2. The van der Waals surface area contributed by atoms with Crippen molar-refractivity contribution in [2.24, 2.45) is 0 Å². The molecule has 1 atom stereocenters. The molecule has 0 aromatic heterocycles. The van der Waals surface area contributed by atoms with Gasteiger partial charge in [-0.3, -0.25) is 4.79 Å². The molecule has 1 saturated heterocycles. The standard InChI is InChI=1S/C11H12BrNO2/c12-10-3-1-9(2-4-10)11-7-13(8-14)5-6-15-11/h1-4,8,11H,5-7H2. The summed E-state index contributed by atoms with van der Waals surface area (Å²) in [5, 5.41) is 0. The molecular formula is C11H12BrNO2. The van der Waals surface area contributed by atoms with E-state index >= 15 is 0 Å². The third kappa shape index (κ3) is 2.58. The van der Waals surface area contributed by atoms with Gasteiger partial charge in [0.1, 0.15) is 6.10 Å². The average Bonchev–Trinajstić information content (AvgIpc) is 2.30. The highest BCUT2D eigenvalue weighted by Crippen LogP contribution is 2.23. The Morgan fingerprint density at radius 3 is 2.80 bits per heavy atom. The number of nitrogens with zero attached hydrogens (tertiary/aromatic N) is 1. The van der Waals surface area contributed by atoms with Crippen molar-refractivity contribution in [2.75, 3.05) is 19.7 Å². The van der Waals surface area contributed by atoms with Gasteiger partial charge in [0.05, 0.1) is 13.2 Å². The minimum Gasteiger partial charge on any atom is -0.370 e. The largest absolute Gasteiger partial charge is 0.370 e. The Kier molecular flexibility index (Phi) is 3.38. The highest BCUT2D eigenvalue weighted by atomic mass is 79.9. The monoisotopic (exact) mass is 269 g/mol. The lowest BCUT2D eigenvalue weighted by Gasteiger charge is -2.30. The molecule has 80 valence electrons. The molecule has 1 fully saturated rings. The molecular weight excluding hydrogens is 258 g/mol. The summed E-state index contributed by atoms with van der Waals surface area (Å²) < 4.78 is 6.67. The van der Waals surface area contributed by atoms with Crippen molar-refractivity contribution in [2.45, 2.75) is 6.10 Å². The van der Waals surface area contributed by atoms with E-state index in [1.807, 2.05) is 24.3 Å². The van der Waals surface area contributed by atoms with Crippen molar-refractivity contribution in [3.8, 4) is 0 Å². The van der Waals surface area contributed by atoms with Crippen LogP contribution in [-0.2, 0) is 9.53 Å². The second-order valence-corrected chi connectivity index (χ2v) is 4.43. The lowest BCUT2D eigenvalue weighted by atomic mass is 10.1. The predicted octanol–water partition coefficient (Wildman–Crippen LogP) is 1.98. The van der Waals surface area contributed by atoms with Crippen LogP contribution >= 0.6 is 15.9 Å². The van der Waals surface area contributed by atoms with Crippen LogP contribution in [0.5, 0.6) is 0 Å². The van der Waals surface area contributed by atoms with E-state index in [4.69, 9.17) is 4.74 Å². The molecule has 1 heterocycles. The fourth-order valence-electron chi connectivity index (χ4n) is 1.64. The summed E-state index contributed by atoms with van der Waals surface area (Å²) in [6.45, 7) is 1.95. The molecule has 15 heavy (non-hydrogen) atoms. The second kappa shape index (κ2) is 4.77. The van der Waals surface area contributed by atoms with Crippen LogP contribution in [0.1, 0.15) is 11.7 Å². The Morgan fingerprint density at radius 2 is 2.13 bits per heavy atom. The fourth-order valence-corrected chi connectivity index (χ4v) is 1.91. The molecule has 3 nitrogen and oxygen atoms in total. The van der Waals surface area contributed by atoms with Gasteiger partial charge < -0.3 is 9.64 Å². The van der Waals surface area contributed by atoms with Crippen LogP contribution in [0.3, 0.4) is 0 Å². The SMILES string of the molecule is O=CN1CCOC(c2ccc(Br)cc2)C1. The smallest absolute Gasteiger partial charge is 0.209 e. The molecule has 0 bridgehead atoms. The fraction of sp³-hybridized carbons (Fsp3) is 0.364. The summed E-state index contributed by atoms with van der Waals surface area (Å²) in [5.74, 6) is 0. The van der Waals surface area contributed by atoms with Crippen molar-refractivity contribution < 1.29 is 9.53 Å².